The quantitative estimate of drug-likeness (QED) is 0.551. The van der Waals surface area contributed by atoms with Gasteiger partial charge in [0.05, 0.1) is 11.3 Å². The summed E-state index contributed by atoms with van der Waals surface area (Å²) < 4.78 is 13.8. The highest BCUT2D eigenvalue weighted by Crippen LogP contribution is 2.20. The number of nitrogens with zero attached hydrogens (tertiary/aromatic N) is 3. The highest BCUT2D eigenvalue weighted by Gasteiger charge is 2.12. The zero-order chi connectivity index (χ0) is 19.7. The van der Waals surface area contributed by atoms with Crippen molar-refractivity contribution in [3.8, 4) is 5.69 Å². The standard InChI is InChI=1S/C22H19FN4O/c1-14(2)15-7-10-17(11-8-15)27-25-20-12-9-16(13-21(20)26-27)24-22(28)18-5-3-4-6-19(18)23/h3-14H,1-2H3,(H,24,28). The van der Waals surface area contributed by atoms with E-state index in [1.54, 1.807) is 35.1 Å². The highest BCUT2D eigenvalue weighted by atomic mass is 19.1. The summed E-state index contributed by atoms with van der Waals surface area (Å²) in [6.45, 7) is 4.29. The van der Waals surface area contributed by atoms with Gasteiger partial charge in [-0.15, -0.1) is 10.2 Å². The number of halogens is 1. The Morgan fingerprint density at radius 3 is 2.39 bits per heavy atom. The minimum Gasteiger partial charge on any atom is -0.322 e. The van der Waals surface area contributed by atoms with Crippen molar-refractivity contribution in [3.05, 3.63) is 83.7 Å². The molecule has 0 fully saturated rings. The molecule has 0 atom stereocenters. The molecule has 3 aromatic carbocycles. The average molecular weight is 374 g/mol. The van der Waals surface area contributed by atoms with Crippen LogP contribution in [0.25, 0.3) is 16.7 Å². The van der Waals surface area contributed by atoms with E-state index in [-0.39, 0.29) is 5.56 Å². The summed E-state index contributed by atoms with van der Waals surface area (Å²) in [5.41, 5.74) is 3.98. The van der Waals surface area contributed by atoms with Gasteiger partial charge in [0, 0.05) is 5.69 Å². The van der Waals surface area contributed by atoms with E-state index in [0.717, 1.165) is 5.69 Å². The van der Waals surface area contributed by atoms with Gasteiger partial charge in [-0.25, -0.2) is 4.39 Å². The number of anilines is 1. The Morgan fingerprint density at radius 2 is 1.68 bits per heavy atom. The van der Waals surface area contributed by atoms with Crippen molar-refractivity contribution in [1.82, 2.24) is 15.0 Å². The van der Waals surface area contributed by atoms with Crippen LogP contribution in [0.2, 0.25) is 0 Å². The fourth-order valence-corrected chi connectivity index (χ4v) is 2.94. The van der Waals surface area contributed by atoms with Crippen molar-refractivity contribution < 1.29 is 9.18 Å². The first-order valence-corrected chi connectivity index (χ1v) is 9.04. The van der Waals surface area contributed by atoms with Gasteiger partial charge in [0.25, 0.3) is 5.91 Å². The summed E-state index contributed by atoms with van der Waals surface area (Å²) in [6.07, 6.45) is 0. The molecule has 1 aromatic heterocycles. The fourth-order valence-electron chi connectivity index (χ4n) is 2.94. The third-order valence-electron chi connectivity index (χ3n) is 4.55. The second-order valence-electron chi connectivity index (χ2n) is 6.87. The normalized spacial score (nSPS) is 11.1. The van der Waals surface area contributed by atoms with Crippen LogP contribution in [-0.4, -0.2) is 20.9 Å². The monoisotopic (exact) mass is 374 g/mol. The molecule has 4 rings (SSSR count). The van der Waals surface area contributed by atoms with Crippen LogP contribution in [0, 0.1) is 5.82 Å². The number of hydrogen-bond donors (Lipinski definition) is 1. The first kappa shape index (κ1) is 17.9. The van der Waals surface area contributed by atoms with Crippen LogP contribution in [0.1, 0.15) is 35.7 Å². The number of amides is 1. The lowest BCUT2D eigenvalue weighted by Gasteiger charge is -2.05. The van der Waals surface area contributed by atoms with Crippen molar-refractivity contribution in [1.29, 1.82) is 0 Å². The number of hydrogen-bond acceptors (Lipinski definition) is 3. The zero-order valence-electron chi connectivity index (χ0n) is 15.6. The molecule has 0 saturated heterocycles. The van der Waals surface area contributed by atoms with Crippen molar-refractivity contribution in [3.63, 3.8) is 0 Å². The predicted octanol–water partition coefficient (Wildman–Crippen LogP) is 4.94. The Labute approximate surface area is 161 Å². The summed E-state index contributed by atoms with van der Waals surface area (Å²) in [5, 5.41) is 11.7. The van der Waals surface area contributed by atoms with E-state index in [0.29, 0.717) is 22.6 Å². The highest BCUT2D eigenvalue weighted by molar-refractivity contribution is 6.05. The number of carbonyl (C=O) groups excluding carboxylic acids is 1. The molecule has 1 amide bonds. The summed E-state index contributed by atoms with van der Waals surface area (Å²) in [5.74, 6) is -0.606. The molecule has 0 aliphatic rings. The second-order valence-corrected chi connectivity index (χ2v) is 6.87. The minimum atomic E-state index is -0.558. The van der Waals surface area contributed by atoms with Crippen LogP contribution < -0.4 is 5.32 Å². The number of aromatic nitrogens is 3. The van der Waals surface area contributed by atoms with Crippen LogP contribution >= 0.6 is 0 Å². The third kappa shape index (κ3) is 3.49. The Balaban J connectivity index is 1.60. The molecule has 0 bridgehead atoms. The van der Waals surface area contributed by atoms with Gasteiger partial charge in [0.1, 0.15) is 16.9 Å². The lowest BCUT2D eigenvalue weighted by molar-refractivity contribution is 0.102. The maximum Gasteiger partial charge on any atom is 0.258 e. The summed E-state index contributed by atoms with van der Waals surface area (Å²) in [7, 11) is 0. The molecule has 5 nitrogen and oxygen atoms in total. The van der Waals surface area contributed by atoms with Gasteiger partial charge in [-0.3, -0.25) is 4.79 Å². The number of benzene rings is 3. The number of rotatable bonds is 4. The van der Waals surface area contributed by atoms with Crippen molar-refractivity contribution in [2.75, 3.05) is 5.32 Å². The largest absolute Gasteiger partial charge is 0.322 e. The Kier molecular flexibility index (Phi) is 4.61. The summed E-state index contributed by atoms with van der Waals surface area (Å²) in [6, 6.07) is 19.2. The molecule has 0 aliphatic carbocycles. The number of nitrogens with one attached hydrogen (secondary N) is 1. The van der Waals surface area contributed by atoms with Crippen molar-refractivity contribution >= 4 is 22.6 Å². The molecule has 0 unspecified atom stereocenters. The molecule has 140 valence electrons. The van der Waals surface area contributed by atoms with Crippen LogP contribution in [0.3, 0.4) is 0 Å². The second kappa shape index (κ2) is 7.23. The van der Waals surface area contributed by atoms with Crippen LogP contribution in [0.4, 0.5) is 10.1 Å². The zero-order valence-corrected chi connectivity index (χ0v) is 15.6. The molecule has 0 radical (unpaired) electrons. The van der Waals surface area contributed by atoms with E-state index in [1.807, 2.05) is 12.1 Å². The Bertz CT molecular complexity index is 1150. The lowest BCUT2D eigenvalue weighted by Crippen LogP contribution is -2.13. The molecule has 0 spiro atoms. The minimum absolute atomic E-state index is 0.00325. The molecule has 28 heavy (non-hydrogen) atoms. The SMILES string of the molecule is CC(C)c1ccc(-n2nc3ccc(NC(=O)c4ccccc4F)cc3n2)cc1. The van der Waals surface area contributed by atoms with Gasteiger partial charge in [0.15, 0.2) is 0 Å². The first-order chi connectivity index (χ1) is 13.5. The maximum absolute atomic E-state index is 13.8. The smallest absolute Gasteiger partial charge is 0.258 e. The van der Waals surface area contributed by atoms with E-state index < -0.39 is 11.7 Å². The average Bonchev–Trinajstić information content (AvgIpc) is 3.11. The molecule has 0 saturated carbocycles. The van der Waals surface area contributed by atoms with E-state index in [1.165, 1.54) is 17.7 Å². The van der Waals surface area contributed by atoms with E-state index in [2.05, 4.69) is 41.5 Å². The molecule has 4 aromatic rings. The van der Waals surface area contributed by atoms with Crippen LogP contribution in [0.15, 0.2) is 66.7 Å². The molecule has 6 heteroatoms. The van der Waals surface area contributed by atoms with E-state index in [9.17, 15) is 9.18 Å². The lowest BCUT2D eigenvalue weighted by atomic mass is 10.0. The summed E-state index contributed by atoms with van der Waals surface area (Å²) in [4.78, 5) is 13.9. The van der Waals surface area contributed by atoms with Crippen molar-refractivity contribution in [2.24, 2.45) is 0 Å². The number of fused-ring (bicyclic) bond motifs is 1. The predicted molar refractivity (Wildman–Crippen MR) is 107 cm³/mol. The molecular weight excluding hydrogens is 355 g/mol. The van der Waals surface area contributed by atoms with Crippen LogP contribution in [0.5, 0.6) is 0 Å². The van der Waals surface area contributed by atoms with E-state index >= 15 is 0 Å². The van der Waals surface area contributed by atoms with Gasteiger partial charge >= 0.3 is 0 Å². The van der Waals surface area contributed by atoms with Gasteiger partial charge < -0.3 is 5.32 Å². The fraction of sp³-hybridized carbons (Fsp3) is 0.136. The summed E-state index contributed by atoms with van der Waals surface area (Å²) >= 11 is 0. The third-order valence-corrected chi connectivity index (χ3v) is 4.55. The molecule has 1 N–H and O–H groups in total. The first-order valence-electron chi connectivity index (χ1n) is 9.04. The molecular formula is C22H19FN4O. The molecule has 1 heterocycles. The van der Waals surface area contributed by atoms with Gasteiger partial charge in [-0.2, -0.15) is 4.80 Å². The van der Waals surface area contributed by atoms with Crippen LogP contribution in [-0.2, 0) is 0 Å². The van der Waals surface area contributed by atoms with E-state index in [4.69, 9.17) is 0 Å². The topological polar surface area (TPSA) is 59.8 Å². The Hall–Kier alpha value is -3.54. The Morgan fingerprint density at radius 1 is 0.964 bits per heavy atom. The van der Waals surface area contributed by atoms with Crippen molar-refractivity contribution in [2.45, 2.75) is 19.8 Å². The van der Waals surface area contributed by atoms with Gasteiger partial charge in [-0.1, -0.05) is 38.1 Å². The maximum atomic E-state index is 13.8. The van der Waals surface area contributed by atoms with Gasteiger partial charge in [-0.05, 0) is 53.9 Å². The molecule has 0 aliphatic heterocycles. The number of carbonyl (C=O) groups is 1. The van der Waals surface area contributed by atoms with Gasteiger partial charge in [0.2, 0.25) is 0 Å².